The molecule has 7 nitrogen and oxygen atoms in total. The highest BCUT2D eigenvalue weighted by atomic mass is 35.5. The van der Waals surface area contributed by atoms with Gasteiger partial charge in [0.1, 0.15) is 16.7 Å². The summed E-state index contributed by atoms with van der Waals surface area (Å²) in [5.74, 6) is -0.491. The van der Waals surface area contributed by atoms with Gasteiger partial charge in [-0.25, -0.2) is 9.07 Å². The van der Waals surface area contributed by atoms with Gasteiger partial charge in [0.25, 0.3) is 11.8 Å². The summed E-state index contributed by atoms with van der Waals surface area (Å²) in [6, 6.07) is 10.9. The molecule has 2 N–H and O–H groups in total. The molecular formula is C21H18ClFN4O3. The molecule has 1 aliphatic rings. The summed E-state index contributed by atoms with van der Waals surface area (Å²) in [5.41, 5.74) is 2.45. The van der Waals surface area contributed by atoms with Crippen LogP contribution in [-0.2, 0) is 11.3 Å². The number of aryl methyl sites for hydroxylation is 1. The van der Waals surface area contributed by atoms with Crippen LogP contribution in [0, 0.1) is 12.7 Å². The topological polar surface area (TPSA) is 85.3 Å². The summed E-state index contributed by atoms with van der Waals surface area (Å²) in [6.45, 7) is 3.64. The number of carbonyl (C=O) groups excluding carboxylic acids is 2. The second-order valence-electron chi connectivity index (χ2n) is 6.95. The van der Waals surface area contributed by atoms with Crippen LogP contribution >= 0.6 is 11.6 Å². The number of nitrogens with zero attached hydrogens (tertiary/aromatic N) is 2. The number of ether oxygens (including phenoxy) is 1. The maximum atomic E-state index is 13.1. The SMILES string of the molecule is Cc1nn(Cc2ccc(F)cc2)c(Cl)c1C(=O)Nc1ccc2c(c1)NC(=O)C(C)O2. The Labute approximate surface area is 176 Å². The molecule has 3 aromatic rings. The highest BCUT2D eigenvalue weighted by Crippen LogP contribution is 2.32. The number of hydrogen-bond donors (Lipinski definition) is 2. The zero-order valence-corrected chi connectivity index (χ0v) is 17.0. The minimum absolute atomic E-state index is 0.178. The van der Waals surface area contributed by atoms with E-state index in [1.807, 2.05) is 0 Å². The van der Waals surface area contributed by atoms with Gasteiger partial charge >= 0.3 is 0 Å². The van der Waals surface area contributed by atoms with E-state index in [2.05, 4.69) is 15.7 Å². The van der Waals surface area contributed by atoms with Crippen molar-refractivity contribution in [3.63, 3.8) is 0 Å². The second kappa shape index (κ2) is 7.79. The van der Waals surface area contributed by atoms with Crippen LogP contribution in [0.3, 0.4) is 0 Å². The smallest absolute Gasteiger partial charge is 0.265 e. The number of halogens is 2. The Balaban J connectivity index is 1.54. The number of carbonyl (C=O) groups is 2. The van der Waals surface area contributed by atoms with Gasteiger partial charge in [0.05, 0.1) is 23.5 Å². The van der Waals surface area contributed by atoms with Crippen molar-refractivity contribution in [3.05, 3.63) is 70.3 Å². The Morgan fingerprint density at radius 1 is 1.30 bits per heavy atom. The molecule has 2 heterocycles. The van der Waals surface area contributed by atoms with E-state index in [-0.39, 0.29) is 22.4 Å². The van der Waals surface area contributed by atoms with Crippen LogP contribution < -0.4 is 15.4 Å². The standard InChI is InChI=1S/C21H18ClFN4O3/c1-11-18(19(22)27(26-11)10-13-3-5-14(23)6-4-13)21(29)24-15-7-8-17-16(9-15)25-20(28)12(2)30-17/h3-9,12H,10H2,1-2H3,(H,24,29)(H,25,28). The number of nitrogens with one attached hydrogen (secondary N) is 2. The van der Waals surface area contributed by atoms with Crippen LogP contribution in [0.1, 0.15) is 28.5 Å². The molecule has 4 rings (SSSR count). The van der Waals surface area contributed by atoms with E-state index in [1.165, 1.54) is 16.8 Å². The minimum Gasteiger partial charge on any atom is -0.479 e. The molecule has 0 spiro atoms. The maximum Gasteiger partial charge on any atom is 0.265 e. The molecule has 0 radical (unpaired) electrons. The molecular weight excluding hydrogens is 411 g/mol. The molecule has 154 valence electrons. The fourth-order valence-corrected chi connectivity index (χ4v) is 3.48. The van der Waals surface area contributed by atoms with Crippen molar-refractivity contribution in [2.45, 2.75) is 26.5 Å². The fraction of sp³-hybridized carbons (Fsp3) is 0.190. The molecule has 30 heavy (non-hydrogen) atoms. The average molecular weight is 429 g/mol. The van der Waals surface area contributed by atoms with E-state index in [0.29, 0.717) is 29.4 Å². The summed E-state index contributed by atoms with van der Waals surface area (Å²) in [4.78, 5) is 24.6. The first-order chi connectivity index (χ1) is 14.3. The molecule has 9 heteroatoms. The van der Waals surface area contributed by atoms with Crippen LogP contribution in [0.2, 0.25) is 5.15 Å². The summed E-state index contributed by atoms with van der Waals surface area (Å²) in [7, 11) is 0. The lowest BCUT2D eigenvalue weighted by molar-refractivity contribution is -0.122. The predicted octanol–water partition coefficient (Wildman–Crippen LogP) is 4.00. The summed E-state index contributed by atoms with van der Waals surface area (Å²) >= 11 is 6.41. The van der Waals surface area contributed by atoms with Crippen LogP contribution in [0.25, 0.3) is 0 Å². The Morgan fingerprint density at radius 3 is 2.77 bits per heavy atom. The monoisotopic (exact) mass is 428 g/mol. The van der Waals surface area contributed by atoms with Crippen molar-refractivity contribution in [1.82, 2.24) is 9.78 Å². The number of benzene rings is 2. The number of aromatic nitrogens is 2. The van der Waals surface area contributed by atoms with E-state index in [1.54, 1.807) is 44.2 Å². The Hall–Kier alpha value is -3.39. The van der Waals surface area contributed by atoms with Gasteiger partial charge in [0.2, 0.25) is 0 Å². The normalized spacial score (nSPS) is 15.2. The third-order valence-corrected chi connectivity index (χ3v) is 5.09. The lowest BCUT2D eigenvalue weighted by Gasteiger charge is -2.23. The molecule has 1 aliphatic heterocycles. The van der Waals surface area contributed by atoms with E-state index < -0.39 is 12.0 Å². The van der Waals surface area contributed by atoms with E-state index >= 15 is 0 Å². The van der Waals surface area contributed by atoms with Gasteiger partial charge in [-0.2, -0.15) is 5.10 Å². The fourth-order valence-electron chi connectivity index (χ4n) is 3.16. The van der Waals surface area contributed by atoms with Crippen LogP contribution in [0.15, 0.2) is 42.5 Å². The number of rotatable bonds is 4. The zero-order chi connectivity index (χ0) is 21.4. The molecule has 0 fully saturated rings. The van der Waals surface area contributed by atoms with Gasteiger partial charge in [0.15, 0.2) is 6.10 Å². The third-order valence-electron chi connectivity index (χ3n) is 4.71. The Morgan fingerprint density at radius 2 is 2.03 bits per heavy atom. The van der Waals surface area contributed by atoms with Gasteiger partial charge in [0, 0.05) is 5.69 Å². The summed E-state index contributed by atoms with van der Waals surface area (Å²) < 4.78 is 20.1. The quantitative estimate of drug-likeness (QED) is 0.657. The lowest BCUT2D eigenvalue weighted by Crippen LogP contribution is -2.34. The van der Waals surface area contributed by atoms with E-state index in [0.717, 1.165) is 5.56 Å². The molecule has 2 amide bonds. The molecule has 0 bridgehead atoms. The highest BCUT2D eigenvalue weighted by molar-refractivity contribution is 6.33. The first-order valence-electron chi connectivity index (χ1n) is 9.22. The number of anilines is 2. The third kappa shape index (κ3) is 3.86. The molecule has 0 aliphatic carbocycles. The summed E-state index contributed by atoms with van der Waals surface area (Å²) in [6.07, 6.45) is -0.577. The van der Waals surface area contributed by atoms with Crippen LogP contribution in [0.4, 0.5) is 15.8 Å². The summed E-state index contributed by atoms with van der Waals surface area (Å²) in [5, 5.41) is 10.0. The Kier molecular flexibility index (Phi) is 5.17. The van der Waals surface area contributed by atoms with Gasteiger partial charge in [-0.15, -0.1) is 0 Å². The maximum absolute atomic E-state index is 13.1. The molecule has 0 saturated carbocycles. The average Bonchev–Trinajstić information content (AvgIpc) is 2.98. The van der Waals surface area contributed by atoms with Crippen molar-refractivity contribution in [2.75, 3.05) is 10.6 Å². The lowest BCUT2D eigenvalue weighted by atomic mass is 10.2. The second-order valence-corrected chi connectivity index (χ2v) is 7.31. The number of hydrogen-bond acceptors (Lipinski definition) is 4. The first kappa shape index (κ1) is 19.9. The Bertz CT molecular complexity index is 1140. The molecule has 0 saturated heterocycles. The molecule has 1 atom stereocenters. The molecule has 2 aromatic carbocycles. The molecule has 1 aromatic heterocycles. The van der Waals surface area contributed by atoms with Crippen molar-refractivity contribution in [3.8, 4) is 5.75 Å². The van der Waals surface area contributed by atoms with Crippen molar-refractivity contribution in [1.29, 1.82) is 0 Å². The number of fused-ring (bicyclic) bond motifs is 1. The van der Waals surface area contributed by atoms with Gasteiger partial charge in [-0.1, -0.05) is 23.7 Å². The van der Waals surface area contributed by atoms with Gasteiger partial charge in [-0.05, 0) is 49.7 Å². The van der Waals surface area contributed by atoms with Crippen LogP contribution in [0.5, 0.6) is 5.75 Å². The zero-order valence-electron chi connectivity index (χ0n) is 16.2. The van der Waals surface area contributed by atoms with Gasteiger partial charge in [-0.3, -0.25) is 9.59 Å². The van der Waals surface area contributed by atoms with Crippen LogP contribution in [-0.4, -0.2) is 27.7 Å². The van der Waals surface area contributed by atoms with Gasteiger partial charge < -0.3 is 15.4 Å². The highest BCUT2D eigenvalue weighted by Gasteiger charge is 2.25. The largest absolute Gasteiger partial charge is 0.479 e. The van der Waals surface area contributed by atoms with Crippen molar-refractivity contribution < 1.29 is 18.7 Å². The van der Waals surface area contributed by atoms with Crippen molar-refractivity contribution in [2.24, 2.45) is 0 Å². The predicted molar refractivity (Wildman–Crippen MR) is 111 cm³/mol. The first-order valence-corrected chi connectivity index (χ1v) is 9.60. The number of amides is 2. The molecule has 1 unspecified atom stereocenters. The van der Waals surface area contributed by atoms with E-state index in [4.69, 9.17) is 16.3 Å². The minimum atomic E-state index is -0.577. The van der Waals surface area contributed by atoms with Crippen molar-refractivity contribution >= 4 is 34.8 Å². The van der Waals surface area contributed by atoms with E-state index in [9.17, 15) is 14.0 Å².